The van der Waals surface area contributed by atoms with E-state index < -0.39 is 0 Å². The van der Waals surface area contributed by atoms with E-state index in [1.807, 2.05) is 84.9 Å². The van der Waals surface area contributed by atoms with Crippen LogP contribution in [-0.4, -0.2) is 12.1 Å². The van der Waals surface area contributed by atoms with E-state index >= 15 is 0 Å². The van der Waals surface area contributed by atoms with Gasteiger partial charge < -0.3 is 0 Å². The van der Waals surface area contributed by atoms with Crippen LogP contribution < -0.4 is 5.43 Å². The maximum atomic E-state index is 12.3. The Bertz CT molecular complexity index is 1090. The first kappa shape index (κ1) is 16.7. The predicted molar refractivity (Wildman–Crippen MR) is 111 cm³/mol. The van der Waals surface area contributed by atoms with Gasteiger partial charge in [0.1, 0.15) is 0 Å². The molecule has 4 aromatic rings. The van der Waals surface area contributed by atoms with Crippen LogP contribution in [0.25, 0.3) is 21.9 Å². The third-order valence-electron chi connectivity index (χ3n) is 4.45. The Morgan fingerprint density at radius 2 is 1.37 bits per heavy atom. The van der Waals surface area contributed by atoms with Crippen molar-refractivity contribution in [3.8, 4) is 11.1 Å². The molecule has 0 aliphatic rings. The molecule has 1 amide bonds. The van der Waals surface area contributed by atoms with Gasteiger partial charge in [0.05, 0.1) is 6.21 Å². The lowest BCUT2D eigenvalue weighted by Crippen LogP contribution is -2.17. The lowest BCUT2D eigenvalue weighted by Gasteiger charge is -2.04. The smallest absolute Gasteiger partial charge is 0.267 e. The third-order valence-corrected chi connectivity index (χ3v) is 4.45. The fourth-order valence-corrected chi connectivity index (χ4v) is 3.03. The predicted octanol–water partition coefficient (Wildman–Crippen LogP) is 5.27. The minimum atomic E-state index is -0.230. The molecule has 4 aromatic carbocycles. The highest BCUT2D eigenvalue weighted by atomic mass is 16.2. The first-order chi connectivity index (χ1) is 13.3. The van der Waals surface area contributed by atoms with E-state index in [1.165, 1.54) is 0 Å². The van der Waals surface area contributed by atoms with Crippen molar-refractivity contribution < 1.29 is 4.79 Å². The van der Waals surface area contributed by atoms with Crippen molar-refractivity contribution in [3.05, 3.63) is 108 Å². The van der Waals surface area contributed by atoms with Crippen molar-refractivity contribution in [1.82, 2.24) is 5.43 Å². The summed E-state index contributed by atoms with van der Waals surface area (Å²) in [6.45, 7) is 0. The summed E-state index contributed by atoms with van der Waals surface area (Å²) in [7, 11) is 0. The summed E-state index contributed by atoms with van der Waals surface area (Å²) < 4.78 is 0. The van der Waals surface area contributed by atoms with Gasteiger partial charge in [0.2, 0.25) is 0 Å². The van der Waals surface area contributed by atoms with Gasteiger partial charge in [-0.3, -0.25) is 4.79 Å². The second kappa shape index (κ2) is 7.67. The molecule has 1 N–H and O–H groups in total. The van der Waals surface area contributed by atoms with Crippen LogP contribution in [0.3, 0.4) is 0 Å². The number of carbonyl (C=O) groups is 1. The molecule has 0 atom stereocenters. The number of carbonyl (C=O) groups excluding carboxylic acids is 1. The molecule has 130 valence electrons. The SMILES string of the molecule is O=C(N/N=C/c1cccc2ccccc12)c1ccc(-c2ccccc2)cc1. The monoisotopic (exact) mass is 350 g/mol. The van der Waals surface area contributed by atoms with Crippen LogP contribution in [0.2, 0.25) is 0 Å². The Balaban J connectivity index is 1.47. The van der Waals surface area contributed by atoms with Crippen LogP contribution in [0.5, 0.6) is 0 Å². The number of fused-ring (bicyclic) bond motifs is 1. The summed E-state index contributed by atoms with van der Waals surface area (Å²) in [5.41, 5.74) is 6.34. The highest BCUT2D eigenvalue weighted by Gasteiger charge is 2.05. The number of hydrazone groups is 1. The lowest BCUT2D eigenvalue weighted by molar-refractivity contribution is 0.0955. The molecule has 0 aliphatic carbocycles. The molecule has 3 nitrogen and oxygen atoms in total. The first-order valence-electron chi connectivity index (χ1n) is 8.78. The summed E-state index contributed by atoms with van der Waals surface area (Å²) in [5, 5.41) is 6.37. The molecule has 0 aliphatic heterocycles. The minimum absolute atomic E-state index is 0.230. The van der Waals surface area contributed by atoms with Gasteiger partial charge in [-0.2, -0.15) is 5.10 Å². The van der Waals surface area contributed by atoms with Gasteiger partial charge in [0.25, 0.3) is 5.91 Å². The second-order valence-corrected chi connectivity index (χ2v) is 6.21. The van der Waals surface area contributed by atoms with E-state index in [0.29, 0.717) is 5.56 Å². The molecule has 0 unspecified atom stereocenters. The number of amides is 1. The van der Waals surface area contributed by atoms with Crippen LogP contribution in [0.4, 0.5) is 0 Å². The zero-order valence-corrected chi connectivity index (χ0v) is 14.7. The Kier molecular flexibility index (Phi) is 4.75. The summed E-state index contributed by atoms with van der Waals surface area (Å²) in [5.74, 6) is -0.230. The number of nitrogens with zero attached hydrogens (tertiary/aromatic N) is 1. The molecule has 0 radical (unpaired) electrons. The molecule has 0 bridgehead atoms. The van der Waals surface area contributed by atoms with Gasteiger partial charge in [-0.15, -0.1) is 0 Å². The van der Waals surface area contributed by atoms with E-state index in [0.717, 1.165) is 27.5 Å². The van der Waals surface area contributed by atoms with E-state index in [4.69, 9.17) is 0 Å². The maximum absolute atomic E-state index is 12.3. The number of nitrogens with one attached hydrogen (secondary N) is 1. The quantitative estimate of drug-likeness (QED) is 0.395. The lowest BCUT2D eigenvalue weighted by atomic mass is 10.0. The fraction of sp³-hybridized carbons (Fsp3) is 0. The number of benzene rings is 4. The minimum Gasteiger partial charge on any atom is -0.267 e. The Hall–Kier alpha value is -3.72. The third kappa shape index (κ3) is 3.77. The van der Waals surface area contributed by atoms with Gasteiger partial charge in [-0.05, 0) is 34.0 Å². The first-order valence-corrected chi connectivity index (χ1v) is 8.78. The maximum Gasteiger partial charge on any atom is 0.271 e. The van der Waals surface area contributed by atoms with Crippen molar-refractivity contribution in [2.24, 2.45) is 5.10 Å². The van der Waals surface area contributed by atoms with Gasteiger partial charge in [0.15, 0.2) is 0 Å². The van der Waals surface area contributed by atoms with Gasteiger partial charge in [-0.25, -0.2) is 5.43 Å². The van der Waals surface area contributed by atoms with Crippen LogP contribution in [-0.2, 0) is 0 Å². The van der Waals surface area contributed by atoms with Crippen molar-refractivity contribution in [3.63, 3.8) is 0 Å². The number of hydrogen-bond donors (Lipinski definition) is 1. The molecule has 0 saturated heterocycles. The highest BCUT2D eigenvalue weighted by Crippen LogP contribution is 2.19. The molecule has 27 heavy (non-hydrogen) atoms. The molecular weight excluding hydrogens is 332 g/mol. The normalized spacial score (nSPS) is 11.0. The van der Waals surface area contributed by atoms with E-state index in [2.05, 4.69) is 22.7 Å². The van der Waals surface area contributed by atoms with Crippen LogP contribution >= 0.6 is 0 Å². The topological polar surface area (TPSA) is 41.5 Å². The van der Waals surface area contributed by atoms with Gasteiger partial charge >= 0.3 is 0 Å². The Labute approximate surface area is 158 Å². The molecular formula is C24H18N2O. The van der Waals surface area contributed by atoms with E-state index in [1.54, 1.807) is 6.21 Å². The summed E-state index contributed by atoms with van der Waals surface area (Å²) >= 11 is 0. The van der Waals surface area contributed by atoms with Gasteiger partial charge in [-0.1, -0.05) is 84.9 Å². The average molecular weight is 350 g/mol. The molecule has 0 fully saturated rings. The molecule has 0 spiro atoms. The van der Waals surface area contributed by atoms with Crippen molar-refractivity contribution in [1.29, 1.82) is 0 Å². The van der Waals surface area contributed by atoms with Crippen LogP contribution in [0.15, 0.2) is 102 Å². The summed E-state index contributed by atoms with van der Waals surface area (Å²) in [6, 6.07) is 31.7. The molecule has 4 rings (SSSR count). The summed E-state index contributed by atoms with van der Waals surface area (Å²) in [6.07, 6.45) is 1.68. The van der Waals surface area contributed by atoms with E-state index in [-0.39, 0.29) is 5.91 Å². The zero-order chi connectivity index (χ0) is 18.5. The molecule has 0 aromatic heterocycles. The standard InChI is InChI=1S/C24H18N2O/c27-24(21-15-13-19(14-16-21)18-7-2-1-3-8-18)26-25-17-22-11-6-10-20-9-4-5-12-23(20)22/h1-17H,(H,26,27)/b25-17+. The number of hydrogen-bond acceptors (Lipinski definition) is 2. The Morgan fingerprint density at radius 1 is 0.704 bits per heavy atom. The van der Waals surface area contributed by atoms with Gasteiger partial charge in [0, 0.05) is 11.1 Å². The van der Waals surface area contributed by atoms with Crippen molar-refractivity contribution in [2.45, 2.75) is 0 Å². The van der Waals surface area contributed by atoms with Crippen LogP contribution in [0.1, 0.15) is 15.9 Å². The van der Waals surface area contributed by atoms with Crippen molar-refractivity contribution >= 4 is 22.9 Å². The van der Waals surface area contributed by atoms with Crippen LogP contribution in [0, 0.1) is 0 Å². The average Bonchev–Trinajstić information content (AvgIpc) is 2.74. The zero-order valence-electron chi connectivity index (χ0n) is 14.7. The molecule has 0 saturated carbocycles. The largest absolute Gasteiger partial charge is 0.271 e. The van der Waals surface area contributed by atoms with Crippen molar-refractivity contribution in [2.75, 3.05) is 0 Å². The highest BCUT2D eigenvalue weighted by molar-refractivity contribution is 6.00. The van der Waals surface area contributed by atoms with E-state index in [9.17, 15) is 4.79 Å². The molecule has 0 heterocycles. The fourth-order valence-electron chi connectivity index (χ4n) is 3.03. The number of rotatable bonds is 4. The molecule has 3 heteroatoms. The summed E-state index contributed by atoms with van der Waals surface area (Å²) in [4.78, 5) is 12.3. The Morgan fingerprint density at radius 3 is 2.19 bits per heavy atom. The second-order valence-electron chi connectivity index (χ2n) is 6.21.